The first-order chi connectivity index (χ1) is 21.0. The van der Waals surface area contributed by atoms with Gasteiger partial charge in [0.2, 0.25) is 0 Å². The molecule has 226 valence electrons. The lowest BCUT2D eigenvalue weighted by atomic mass is 9.77. The van der Waals surface area contributed by atoms with E-state index in [9.17, 15) is 20.4 Å². The fourth-order valence-corrected chi connectivity index (χ4v) is 6.34. The van der Waals surface area contributed by atoms with Crippen molar-refractivity contribution in [2.45, 2.75) is 39.5 Å². The molecule has 0 bridgehead atoms. The maximum Gasteiger partial charge on any atom is 0.123 e. The summed E-state index contributed by atoms with van der Waals surface area (Å²) in [6.07, 6.45) is 0. The van der Waals surface area contributed by atoms with Crippen molar-refractivity contribution < 1.29 is 29.9 Å². The van der Waals surface area contributed by atoms with Crippen LogP contribution in [0.3, 0.4) is 0 Å². The summed E-state index contributed by atoms with van der Waals surface area (Å²) in [4.78, 5) is 0. The summed E-state index contributed by atoms with van der Waals surface area (Å²) < 4.78 is 12.2. The Hall–Kier alpha value is -5.10. The predicted molar refractivity (Wildman–Crippen MR) is 173 cm³/mol. The van der Waals surface area contributed by atoms with Crippen LogP contribution in [0.1, 0.15) is 67.5 Å². The van der Waals surface area contributed by atoms with Crippen LogP contribution in [0.25, 0.3) is 0 Å². The number of methoxy groups -OCH3 is 2. The van der Waals surface area contributed by atoms with E-state index in [0.29, 0.717) is 11.5 Å². The maximum absolute atomic E-state index is 10.2. The summed E-state index contributed by atoms with van der Waals surface area (Å²) in [5.74, 6) is 1.41. The highest BCUT2D eigenvalue weighted by atomic mass is 16.5. The fraction of sp³-hybridized carbons (Fsp3) is 0.211. The molecule has 0 saturated carbocycles. The van der Waals surface area contributed by atoms with Gasteiger partial charge in [0, 0.05) is 23.0 Å². The molecule has 0 atom stereocenters. The molecule has 0 aliphatic carbocycles. The van der Waals surface area contributed by atoms with Crippen molar-refractivity contribution in [3.8, 4) is 34.5 Å². The van der Waals surface area contributed by atoms with Crippen LogP contribution < -0.4 is 9.47 Å². The Bertz CT molecular complexity index is 1600. The van der Waals surface area contributed by atoms with Gasteiger partial charge < -0.3 is 29.9 Å². The average Bonchev–Trinajstić information content (AvgIpc) is 2.97. The first-order valence-electron chi connectivity index (χ1n) is 14.5. The number of phenols is 4. The Balaban J connectivity index is 1.82. The van der Waals surface area contributed by atoms with Crippen LogP contribution in [-0.2, 0) is 0 Å². The second-order valence-corrected chi connectivity index (χ2v) is 11.4. The van der Waals surface area contributed by atoms with Gasteiger partial charge in [0.25, 0.3) is 0 Å². The second-order valence-electron chi connectivity index (χ2n) is 11.4. The monoisotopic (exact) mass is 590 g/mol. The van der Waals surface area contributed by atoms with Crippen molar-refractivity contribution in [1.82, 2.24) is 0 Å². The van der Waals surface area contributed by atoms with Crippen molar-refractivity contribution in [3.05, 3.63) is 141 Å². The molecular formula is C38H38O6. The first kappa shape index (κ1) is 30.4. The maximum atomic E-state index is 10.2. The number of rotatable bonds is 8. The number of ether oxygens (including phenoxy) is 2. The lowest BCUT2D eigenvalue weighted by molar-refractivity contribution is 0.393. The Morgan fingerprint density at radius 2 is 0.636 bits per heavy atom. The van der Waals surface area contributed by atoms with Gasteiger partial charge in [0.1, 0.15) is 34.5 Å². The van der Waals surface area contributed by atoms with Gasteiger partial charge in [0.05, 0.1) is 14.2 Å². The lowest BCUT2D eigenvalue weighted by Crippen LogP contribution is -2.13. The first-order valence-corrected chi connectivity index (χ1v) is 14.5. The Morgan fingerprint density at radius 3 is 0.841 bits per heavy atom. The summed E-state index contributed by atoms with van der Waals surface area (Å²) in [7, 11) is 3.29. The molecule has 0 fully saturated rings. The van der Waals surface area contributed by atoms with Crippen molar-refractivity contribution in [1.29, 1.82) is 0 Å². The van der Waals surface area contributed by atoms with Crippen LogP contribution in [0.15, 0.2) is 84.9 Å². The van der Waals surface area contributed by atoms with E-state index in [-0.39, 0.29) is 34.8 Å². The van der Waals surface area contributed by atoms with Gasteiger partial charge in [0.15, 0.2) is 0 Å². The number of aromatic hydroxyl groups is 4. The molecule has 5 rings (SSSR count). The third-order valence-corrected chi connectivity index (χ3v) is 8.46. The quantitative estimate of drug-likeness (QED) is 0.136. The molecule has 0 saturated heterocycles. The Kier molecular flexibility index (Phi) is 8.45. The average molecular weight is 591 g/mol. The molecule has 0 spiro atoms. The highest BCUT2D eigenvalue weighted by Crippen LogP contribution is 2.48. The van der Waals surface area contributed by atoms with E-state index in [1.54, 1.807) is 62.8 Å². The van der Waals surface area contributed by atoms with Crippen LogP contribution >= 0.6 is 0 Å². The zero-order valence-electron chi connectivity index (χ0n) is 25.8. The van der Waals surface area contributed by atoms with Gasteiger partial charge in [-0.3, -0.25) is 0 Å². The predicted octanol–water partition coefficient (Wildman–Crippen LogP) is 8.12. The summed E-state index contributed by atoms with van der Waals surface area (Å²) in [6.45, 7) is 7.86. The number of aryl methyl sites for hydroxylation is 4. The van der Waals surface area contributed by atoms with Gasteiger partial charge in [-0.15, -0.1) is 0 Å². The highest BCUT2D eigenvalue weighted by molar-refractivity contribution is 5.62. The zero-order chi connectivity index (χ0) is 31.7. The number of phenolic OH excluding ortho intramolecular Hbond substituents is 4. The van der Waals surface area contributed by atoms with Gasteiger partial charge in [-0.2, -0.15) is 0 Å². The van der Waals surface area contributed by atoms with Gasteiger partial charge in [-0.1, -0.05) is 24.3 Å². The van der Waals surface area contributed by atoms with E-state index in [0.717, 1.165) is 55.6 Å². The minimum atomic E-state index is -0.307. The molecule has 0 aliphatic heterocycles. The van der Waals surface area contributed by atoms with E-state index < -0.39 is 0 Å². The second kappa shape index (κ2) is 12.3. The Labute approximate surface area is 258 Å². The topological polar surface area (TPSA) is 99.4 Å². The van der Waals surface area contributed by atoms with Crippen LogP contribution in [0, 0.1) is 27.7 Å². The molecule has 44 heavy (non-hydrogen) atoms. The van der Waals surface area contributed by atoms with E-state index in [1.165, 1.54) is 0 Å². The van der Waals surface area contributed by atoms with Crippen LogP contribution in [-0.4, -0.2) is 34.6 Å². The molecular weight excluding hydrogens is 552 g/mol. The molecule has 0 unspecified atom stereocenters. The third-order valence-electron chi connectivity index (χ3n) is 8.46. The lowest BCUT2D eigenvalue weighted by Gasteiger charge is -2.29. The van der Waals surface area contributed by atoms with E-state index in [4.69, 9.17) is 9.47 Å². The van der Waals surface area contributed by atoms with E-state index in [1.807, 2.05) is 64.1 Å². The summed E-state index contributed by atoms with van der Waals surface area (Å²) >= 11 is 0. The number of hydrogen-bond donors (Lipinski definition) is 4. The van der Waals surface area contributed by atoms with Crippen molar-refractivity contribution in [2.75, 3.05) is 14.2 Å². The van der Waals surface area contributed by atoms with Crippen LogP contribution in [0.5, 0.6) is 34.5 Å². The number of benzene rings is 5. The van der Waals surface area contributed by atoms with Crippen LogP contribution in [0.2, 0.25) is 0 Å². The van der Waals surface area contributed by atoms with Gasteiger partial charge >= 0.3 is 0 Å². The smallest absolute Gasteiger partial charge is 0.123 e. The zero-order valence-corrected chi connectivity index (χ0v) is 25.8. The van der Waals surface area contributed by atoms with Crippen LogP contribution in [0.4, 0.5) is 0 Å². The summed E-state index contributed by atoms with van der Waals surface area (Å²) in [5.41, 5.74) is 9.26. The molecule has 6 nitrogen and oxygen atoms in total. The number of hydrogen-bond acceptors (Lipinski definition) is 6. The van der Waals surface area contributed by atoms with E-state index in [2.05, 4.69) is 0 Å². The minimum absolute atomic E-state index is 0.184. The highest BCUT2D eigenvalue weighted by Gasteiger charge is 2.30. The molecule has 6 heteroatoms. The third kappa shape index (κ3) is 5.76. The molecule has 0 amide bonds. The fourth-order valence-electron chi connectivity index (χ4n) is 6.34. The minimum Gasteiger partial charge on any atom is -0.508 e. The standard InChI is InChI=1S/C38H38O6/c1-21-15-25(39)7-11-29(21)37(30-12-8-26(40)16-22(30)2)33-19-36(44-6)34(20-35(33)43-5)38(31-13-9-27(41)17-23(31)3)32-14-10-28(42)18-24(32)4/h7-20,37-42H,1-6H3. The SMILES string of the molecule is COc1cc(C(c2ccc(O)cc2C)c2ccc(O)cc2C)c(OC)cc1C(c1ccc(O)cc1C)c1ccc(O)cc1C. The van der Waals surface area contributed by atoms with Crippen molar-refractivity contribution >= 4 is 0 Å². The molecule has 5 aromatic rings. The normalized spacial score (nSPS) is 11.3. The van der Waals surface area contributed by atoms with Gasteiger partial charge in [-0.25, -0.2) is 0 Å². The summed E-state index contributed by atoms with van der Waals surface area (Å²) in [5, 5.41) is 40.9. The molecule has 0 heterocycles. The molecule has 4 N–H and O–H groups in total. The van der Waals surface area contributed by atoms with Crippen molar-refractivity contribution in [2.24, 2.45) is 0 Å². The van der Waals surface area contributed by atoms with Crippen molar-refractivity contribution in [3.63, 3.8) is 0 Å². The molecule has 0 aliphatic rings. The largest absolute Gasteiger partial charge is 0.508 e. The summed E-state index contributed by atoms with van der Waals surface area (Å²) in [6, 6.07) is 25.4. The Morgan fingerprint density at radius 1 is 0.386 bits per heavy atom. The molecule has 5 aromatic carbocycles. The van der Waals surface area contributed by atoms with E-state index >= 15 is 0 Å². The van der Waals surface area contributed by atoms with Gasteiger partial charge in [-0.05, 0) is 133 Å². The molecule has 0 radical (unpaired) electrons. The molecule has 0 aromatic heterocycles.